The van der Waals surface area contributed by atoms with E-state index >= 15 is 0 Å². The fourth-order valence-corrected chi connectivity index (χ4v) is 1.82. The zero-order valence-corrected chi connectivity index (χ0v) is 6.43. The summed E-state index contributed by atoms with van der Waals surface area (Å²) in [6.07, 6.45) is 1.63. The van der Waals surface area contributed by atoms with E-state index in [-0.39, 0.29) is 5.75 Å². The number of nitrogens with two attached hydrogens (primary N) is 1. The third-order valence-corrected chi connectivity index (χ3v) is 2.43. The number of anilines is 1. The van der Waals surface area contributed by atoms with Crippen molar-refractivity contribution in [3.63, 3.8) is 0 Å². The van der Waals surface area contributed by atoms with Crippen LogP contribution in [0.3, 0.4) is 0 Å². The summed E-state index contributed by atoms with van der Waals surface area (Å²) in [5.41, 5.74) is 5.54. The zero-order chi connectivity index (χ0) is 7.84. The van der Waals surface area contributed by atoms with Gasteiger partial charge in [-0.3, -0.25) is 0 Å². The Kier molecular flexibility index (Phi) is 1.22. The number of rotatable bonds is 0. The van der Waals surface area contributed by atoms with Gasteiger partial charge in [-0.25, -0.2) is 4.98 Å². The van der Waals surface area contributed by atoms with Crippen LogP contribution in [0.25, 0.3) is 10.1 Å². The standard InChI is InChI=1S/C7H6N2OS/c8-7-6-4(10)3-11-5(6)1-2-9-7/h1-3,10H,(H2,8,9). The molecule has 0 bridgehead atoms. The molecule has 0 amide bonds. The Morgan fingerprint density at radius 2 is 2.36 bits per heavy atom. The summed E-state index contributed by atoms with van der Waals surface area (Å²) >= 11 is 1.46. The quantitative estimate of drug-likeness (QED) is 0.624. The minimum atomic E-state index is 0.218. The molecule has 0 aromatic carbocycles. The van der Waals surface area contributed by atoms with Crippen molar-refractivity contribution in [1.82, 2.24) is 4.98 Å². The molecule has 3 nitrogen and oxygen atoms in total. The Hall–Kier alpha value is -1.29. The number of pyridine rings is 1. The maximum absolute atomic E-state index is 9.28. The SMILES string of the molecule is Nc1nccc2scc(O)c12. The van der Waals surface area contributed by atoms with Gasteiger partial charge in [0.05, 0.1) is 5.39 Å². The zero-order valence-electron chi connectivity index (χ0n) is 5.61. The van der Waals surface area contributed by atoms with Gasteiger partial charge < -0.3 is 10.8 Å². The first-order valence-corrected chi connectivity index (χ1v) is 3.97. The van der Waals surface area contributed by atoms with Crippen molar-refractivity contribution in [3.05, 3.63) is 17.6 Å². The van der Waals surface area contributed by atoms with Crippen molar-refractivity contribution < 1.29 is 5.11 Å². The topological polar surface area (TPSA) is 59.1 Å². The van der Waals surface area contributed by atoms with Gasteiger partial charge in [0.1, 0.15) is 11.6 Å². The number of nitrogens with zero attached hydrogens (tertiary/aromatic N) is 1. The smallest absolute Gasteiger partial charge is 0.137 e. The Morgan fingerprint density at radius 3 is 3.09 bits per heavy atom. The van der Waals surface area contributed by atoms with Gasteiger partial charge in [-0.05, 0) is 6.07 Å². The lowest BCUT2D eigenvalue weighted by Crippen LogP contribution is -1.88. The number of thiophene rings is 1. The van der Waals surface area contributed by atoms with Crippen LogP contribution in [0.2, 0.25) is 0 Å². The van der Waals surface area contributed by atoms with Gasteiger partial charge in [-0.1, -0.05) is 0 Å². The molecule has 0 unspecified atom stereocenters. The normalized spacial score (nSPS) is 10.5. The average molecular weight is 166 g/mol. The summed E-state index contributed by atoms with van der Waals surface area (Å²) in [4.78, 5) is 3.86. The molecule has 0 saturated heterocycles. The summed E-state index contributed by atoms with van der Waals surface area (Å²) in [5.74, 6) is 0.608. The lowest BCUT2D eigenvalue weighted by Gasteiger charge is -1.93. The Morgan fingerprint density at radius 1 is 1.55 bits per heavy atom. The van der Waals surface area contributed by atoms with E-state index in [4.69, 9.17) is 5.73 Å². The van der Waals surface area contributed by atoms with E-state index in [9.17, 15) is 5.11 Å². The van der Waals surface area contributed by atoms with Crippen molar-refractivity contribution >= 4 is 27.2 Å². The lowest BCUT2D eigenvalue weighted by atomic mass is 10.3. The number of nitrogen functional groups attached to an aromatic ring is 1. The average Bonchev–Trinajstić information content (AvgIpc) is 2.34. The maximum Gasteiger partial charge on any atom is 0.137 e. The molecule has 0 saturated carbocycles. The highest BCUT2D eigenvalue weighted by Crippen LogP contribution is 2.33. The molecule has 56 valence electrons. The van der Waals surface area contributed by atoms with Gasteiger partial charge in [0.25, 0.3) is 0 Å². The number of fused-ring (bicyclic) bond motifs is 1. The van der Waals surface area contributed by atoms with E-state index < -0.39 is 0 Å². The van der Waals surface area contributed by atoms with E-state index in [1.807, 2.05) is 6.07 Å². The monoisotopic (exact) mass is 166 g/mol. The van der Waals surface area contributed by atoms with Crippen molar-refractivity contribution in [2.45, 2.75) is 0 Å². The third kappa shape index (κ3) is 0.832. The summed E-state index contributed by atoms with van der Waals surface area (Å²) < 4.78 is 0.968. The fourth-order valence-electron chi connectivity index (χ4n) is 0.993. The van der Waals surface area contributed by atoms with Gasteiger partial charge in [0.2, 0.25) is 0 Å². The van der Waals surface area contributed by atoms with Crippen LogP contribution in [0.15, 0.2) is 17.6 Å². The van der Waals surface area contributed by atoms with Gasteiger partial charge in [0.15, 0.2) is 0 Å². The van der Waals surface area contributed by atoms with Gasteiger partial charge >= 0.3 is 0 Å². The number of hydrogen-bond acceptors (Lipinski definition) is 4. The predicted molar refractivity (Wildman–Crippen MR) is 45.7 cm³/mol. The highest BCUT2D eigenvalue weighted by molar-refractivity contribution is 7.17. The summed E-state index contributed by atoms with van der Waals surface area (Å²) in [6, 6.07) is 1.83. The van der Waals surface area contributed by atoms with E-state index in [0.29, 0.717) is 11.2 Å². The van der Waals surface area contributed by atoms with Crippen LogP contribution in [-0.4, -0.2) is 10.1 Å². The largest absolute Gasteiger partial charge is 0.506 e. The van der Waals surface area contributed by atoms with Gasteiger partial charge in [-0.15, -0.1) is 11.3 Å². The van der Waals surface area contributed by atoms with Crippen LogP contribution >= 0.6 is 11.3 Å². The first kappa shape index (κ1) is 6.42. The molecule has 2 aromatic heterocycles. The molecular weight excluding hydrogens is 160 g/mol. The molecule has 0 atom stereocenters. The molecule has 0 aliphatic rings. The fraction of sp³-hybridized carbons (Fsp3) is 0. The van der Waals surface area contributed by atoms with E-state index in [2.05, 4.69) is 4.98 Å². The Bertz CT molecular complexity index is 396. The highest BCUT2D eigenvalue weighted by Gasteiger charge is 2.05. The molecule has 0 fully saturated rings. The molecule has 2 heterocycles. The van der Waals surface area contributed by atoms with E-state index in [0.717, 1.165) is 4.70 Å². The minimum Gasteiger partial charge on any atom is -0.506 e. The second-order valence-corrected chi connectivity index (χ2v) is 3.10. The molecule has 0 aliphatic heterocycles. The van der Waals surface area contributed by atoms with Crippen molar-refractivity contribution in [2.75, 3.05) is 5.73 Å². The number of aromatic hydroxyl groups is 1. The molecule has 2 aromatic rings. The summed E-state index contributed by atoms with van der Waals surface area (Å²) in [6.45, 7) is 0. The minimum absolute atomic E-state index is 0.218. The van der Waals surface area contributed by atoms with E-state index in [1.165, 1.54) is 11.3 Å². The van der Waals surface area contributed by atoms with Gasteiger partial charge in [0, 0.05) is 16.3 Å². The number of aromatic nitrogens is 1. The molecule has 0 aliphatic carbocycles. The first-order valence-electron chi connectivity index (χ1n) is 3.09. The van der Waals surface area contributed by atoms with Crippen molar-refractivity contribution in [1.29, 1.82) is 0 Å². The first-order chi connectivity index (χ1) is 5.29. The molecular formula is C7H6N2OS. The van der Waals surface area contributed by atoms with Crippen LogP contribution in [0, 0.1) is 0 Å². The van der Waals surface area contributed by atoms with Crippen LogP contribution in [-0.2, 0) is 0 Å². The maximum atomic E-state index is 9.28. The van der Waals surface area contributed by atoms with E-state index in [1.54, 1.807) is 11.6 Å². The second kappa shape index (κ2) is 2.10. The van der Waals surface area contributed by atoms with Crippen LogP contribution < -0.4 is 5.73 Å². The molecule has 11 heavy (non-hydrogen) atoms. The highest BCUT2D eigenvalue weighted by atomic mass is 32.1. The third-order valence-electron chi connectivity index (χ3n) is 1.50. The Labute approximate surface area is 67.1 Å². The van der Waals surface area contributed by atoms with Crippen LogP contribution in [0.4, 0.5) is 5.82 Å². The van der Waals surface area contributed by atoms with Crippen molar-refractivity contribution in [3.8, 4) is 5.75 Å². The van der Waals surface area contributed by atoms with Crippen molar-refractivity contribution in [2.24, 2.45) is 0 Å². The molecule has 3 N–H and O–H groups in total. The predicted octanol–water partition coefficient (Wildman–Crippen LogP) is 1.58. The van der Waals surface area contributed by atoms with Crippen LogP contribution in [0.1, 0.15) is 0 Å². The molecule has 2 rings (SSSR count). The number of hydrogen-bond donors (Lipinski definition) is 2. The summed E-state index contributed by atoms with van der Waals surface area (Å²) in [5, 5.41) is 11.6. The molecule has 0 spiro atoms. The molecule has 0 radical (unpaired) electrons. The Balaban J connectivity index is 2.96. The van der Waals surface area contributed by atoms with Crippen LogP contribution in [0.5, 0.6) is 5.75 Å². The lowest BCUT2D eigenvalue weighted by molar-refractivity contribution is 0.484. The molecule has 4 heteroatoms. The van der Waals surface area contributed by atoms with Gasteiger partial charge in [-0.2, -0.15) is 0 Å². The summed E-state index contributed by atoms with van der Waals surface area (Å²) in [7, 11) is 0. The second-order valence-electron chi connectivity index (χ2n) is 2.19.